The van der Waals surface area contributed by atoms with E-state index in [4.69, 9.17) is 0 Å². The second-order valence-electron chi connectivity index (χ2n) is 5.79. The van der Waals surface area contributed by atoms with Crippen molar-refractivity contribution in [1.82, 2.24) is 9.88 Å². The molecule has 0 bridgehead atoms. The first-order valence-corrected chi connectivity index (χ1v) is 9.30. The van der Waals surface area contributed by atoms with Gasteiger partial charge in [0.25, 0.3) is 15.9 Å². The number of likely N-dealkylation sites (tertiary alicyclic amines) is 1. The number of aryl methyl sites for hydroxylation is 1. The van der Waals surface area contributed by atoms with Gasteiger partial charge in [-0.25, -0.2) is 13.4 Å². The molecule has 0 atom stereocenters. The van der Waals surface area contributed by atoms with Crippen LogP contribution >= 0.6 is 0 Å². The number of aromatic nitrogens is 1. The quantitative estimate of drug-likeness (QED) is 0.923. The minimum Gasteiger partial charge on any atom is -0.339 e. The van der Waals surface area contributed by atoms with Gasteiger partial charge >= 0.3 is 0 Å². The fourth-order valence-corrected chi connectivity index (χ4v) is 3.68. The smallest absolute Gasteiger partial charge is 0.263 e. The number of benzene rings is 1. The normalized spacial score (nSPS) is 14.6. The molecule has 1 N–H and O–H groups in total. The van der Waals surface area contributed by atoms with E-state index in [0.717, 1.165) is 31.6 Å². The third-order valence-electron chi connectivity index (χ3n) is 3.93. The molecule has 2 heterocycles. The van der Waals surface area contributed by atoms with Crippen molar-refractivity contribution in [2.45, 2.75) is 24.7 Å². The van der Waals surface area contributed by atoms with Crippen molar-refractivity contribution in [3.8, 4) is 0 Å². The van der Waals surface area contributed by atoms with Crippen LogP contribution in [0.3, 0.4) is 0 Å². The molecule has 6 nitrogen and oxygen atoms in total. The van der Waals surface area contributed by atoms with E-state index in [1.54, 1.807) is 42.2 Å². The zero-order valence-corrected chi connectivity index (χ0v) is 14.2. The first kappa shape index (κ1) is 16.4. The molecule has 0 radical (unpaired) electrons. The third-order valence-corrected chi connectivity index (χ3v) is 5.30. The first-order valence-electron chi connectivity index (χ1n) is 7.81. The number of hydrogen-bond acceptors (Lipinski definition) is 4. The predicted octanol–water partition coefficient (Wildman–Crippen LogP) is 2.43. The lowest BCUT2D eigenvalue weighted by Crippen LogP contribution is -2.27. The highest BCUT2D eigenvalue weighted by molar-refractivity contribution is 7.92. The monoisotopic (exact) mass is 345 g/mol. The number of sulfonamides is 1. The molecule has 1 aromatic heterocycles. The van der Waals surface area contributed by atoms with Crippen LogP contribution in [0.5, 0.6) is 0 Å². The molecule has 1 aliphatic heterocycles. The summed E-state index contributed by atoms with van der Waals surface area (Å²) >= 11 is 0. The Kier molecular flexibility index (Phi) is 4.53. The summed E-state index contributed by atoms with van der Waals surface area (Å²) in [5, 5.41) is 0. The summed E-state index contributed by atoms with van der Waals surface area (Å²) < 4.78 is 27.3. The number of nitrogens with one attached hydrogen (secondary N) is 1. The summed E-state index contributed by atoms with van der Waals surface area (Å²) in [6.07, 6.45) is 2.04. The minimum atomic E-state index is -3.73. The van der Waals surface area contributed by atoms with E-state index in [1.807, 2.05) is 0 Å². The number of pyridine rings is 1. The molecule has 0 spiro atoms. The summed E-state index contributed by atoms with van der Waals surface area (Å²) in [4.78, 5) is 18.3. The molecular weight excluding hydrogens is 326 g/mol. The average molecular weight is 345 g/mol. The van der Waals surface area contributed by atoms with Crippen LogP contribution in [0.15, 0.2) is 47.4 Å². The number of amides is 1. The van der Waals surface area contributed by atoms with Crippen LogP contribution in [0.4, 0.5) is 5.82 Å². The van der Waals surface area contributed by atoms with E-state index >= 15 is 0 Å². The van der Waals surface area contributed by atoms with Crippen LogP contribution in [-0.4, -0.2) is 37.3 Å². The SMILES string of the molecule is Cc1cccc(NS(=O)(=O)c2ccc(C(=O)N3CCCC3)cc2)n1. The van der Waals surface area contributed by atoms with Crippen molar-refractivity contribution in [2.24, 2.45) is 0 Å². The summed E-state index contributed by atoms with van der Waals surface area (Å²) in [5.74, 6) is 0.219. The molecule has 1 aliphatic rings. The largest absolute Gasteiger partial charge is 0.339 e. The molecular formula is C17H19N3O3S. The van der Waals surface area contributed by atoms with E-state index in [9.17, 15) is 13.2 Å². The first-order chi connectivity index (χ1) is 11.5. The number of rotatable bonds is 4. The molecule has 0 aliphatic carbocycles. The maximum atomic E-state index is 12.4. The Balaban J connectivity index is 1.77. The Hall–Kier alpha value is -2.41. The molecule has 1 aromatic carbocycles. The van der Waals surface area contributed by atoms with E-state index in [1.165, 1.54) is 12.1 Å². The predicted molar refractivity (Wildman–Crippen MR) is 91.4 cm³/mol. The molecule has 3 rings (SSSR count). The second kappa shape index (κ2) is 6.60. The van der Waals surface area contributed by atoms with Crippen molar-refractivity contribution >= 4 is 21.7 Å². The summed E-state index contributed by atoms with van der Waals surface area (Å²) in [6, 6.07) is 11.1. The van der Waals surface area contributed by atoms with Gasteiger partial charge < -0.3 is 4.90 Å². The van der Waals surface area contributed by atoms with Crippen LogP contribution in [0.1, 0.15) is 28.9 Å². The van der Waals surface area contributed by atoms with Gasteiger partial charge in [-0.3, -0.25) is 9.52 Å². The molecule has 1 amide bonds. The highest BCUT2D eigenvalue weighted by Gasteiger charge is 2.21. The Labute approximate surface area is 141 Å². The maximum absolute atomic E-state index is 12.4. The summed E-state index contributed by atoms with van der Waals surface area (Å²) in [7, 11) is -3.73. The van der Waals surface area contributed by atoms with Crippen molar-refractivity contribution in [1.29, 1.82) is 0 Å². The van der Waals surface area contributed by atoms with Crippen molar-refractivity contribution in [2.75, 3.05) is 17.8 Å². The van der Waals surface area contributed by atoms with Gasteiger partial charge in [0.05, 0.1) is 4.90 Å². The van der Waals surface area contributed by atoms with Gasteiger partial charge in [-0.1, -0.05) is 6.07 Å². The fraction of sp³-hybridized carbons (Fsp3) is 0.294. The van der Waals surface area contributed by atoms with Crippen LogP contribution in [0.2, 0.25) is 0 Å². The van der Waals surface area contributed by atoms with E-state index < -0.39 is 10.0 Å². The second-order valence-corrected chi connectivity index (χ2v) is 7.48. The number of carbonyl (C=O) groups excluding carboxylic acids is 1. The standard InChI is InChI=1S/C17H19N3O3S/c1-13-5-4-6-16(18-13)19-24(22,23)15-9-7-14(8-10-15)17(21)20-11-2-3-12-20/h4-10H,2-3,11-12H2,1H3,(H,18,19). The van der Waals surface area contributed by atoms with Gasteiger partial charge in [-0.15, -0.1) is 0 Å². The van der Waals surface area contributed by atoms with Gasteiger partial charge in [-0.05, 0) is 56.2 Å². The molecule has 1 saturated heterocycles. The highest BCUT2D eigenvalue weighted by atomic mass is 32.2. The Morgan fingerprint density at radius 2 is 1.75 bits per heavy atom. The number of carbonyl (C=O) groups is 1. The molecule has 2 aromatic rings. The lowest BCUT2D eigenvalue weighted by atomic mass is 10.2. The Bertz CT molecular complexity index is 842. The van der Waals surface area contributed by atoms with Gasteiger partial charge in [0.15, 0.2) is 0 Å². The van der Waals surface area contributed by atoms with E-state index in [-0.39, 0.29) is 16.6 Å². The summed E-state index contributed by atoms with van der Waals surface area (Å²) in [6.45, 7) is 3.31. The molecule has 7 heteroatoms. The van der Waals surface area contributed by atoms with Crippen molar-refractivity contribution < 1.29 is 13.2 Å². The summed E-state index contributed by atoms with van der Waals surface area (Å²) in [5.41, 5.74) is 1.23. The molecule has 126 valence electrons. The minimum absolute atomic E-state index is 0.0512. The Morgan fingerprint density at radius 1 is 1.08 bits per heavy atom. The molecule has 0 saturated carbocycles. The fourth-order valence-electron chi connectivity index (χ4n) is 2.68. The lowest BCUT2D eigenvalue weighted by molar-refractivity contribution is 0.0792. The third kappa shape index (κ3) is 3.56. The van der Waals surface area contributed by atoms with Crippen LogP contribution in [0.25, 0.3) is 0 Å². The van der Waals surface area contributed by atoms with Crippen LogP contribution in [-0.2, 0) is 10.0 Å². The van der Waals surface area contributed by atoms with Gasteiger partial charge in [0, 0.05) is 24.3 Å². The van der Waals surface area contributed by atoms with Crippen molar-refractivity contribution in [3.63, 3.8) is 0 Å². The number of anilines is 1. The topological polar surface area (TPSA) is 79.4 Å². The van der Waals surface area contributed by atoms with Gasteiger partial charge in [-0.2, -0.15) is 0 Å². The zero-order valence-electron chi connectivity index (χ0n) is 13.4. The molecule has 24 heavy (non-hydrogen) atoms. The average Bonchev–Trinajstić information content (AvgIpc) is 3.08. The zero-order chi connectivity index (χ0) is 17.2. The van der Waals surface area contributed by atoms with E-state index in [0.29, 0.717) is 5.56 Å². The lowest BCUT2D eigenvalue weighted by Gasteiger charge is -2.15. The highest BCUT2D eigenvalue weighted by Crippen LogP contribution is 2.18. The maximum Gasteiger partial charge on any atom is 0.263 e. The Morgan fingerprint density at radius 3 is 2.38 bits per heavy atom. The van der Waals surface area contributed by atoms with Crippen molar-refractivity contribution in [3.05, 3.63) is 53.7 Å². The molecule has 0 unspecified atom stereocenters. The van der Waals surface area contributed by atoms with Crippen LogP contribution in [0, 0.1) is 6.92 Å². The van der Waals surface area contributed by atoms with Gasteiger partial charge in [0.1, 0.15) is 5.82 Å². The van der Waals surface area contributed by atoms with Gasteiger partial charge in [0.2, 0.25) is 0 Å². The van der Waals surface area contributed by atoms with E-state index in [2.05, 4.69) is 9.71 Å². The molecule has 1 fully saturated rings. The van der Waals surface area contributed by atoms with Crippen LogP contribution < -0.4 is 4.72 Å². The number of hydrogen-bond donors (Lipinski definition) is 1. The number of nitrogens with zero attached hydrogens (tertiary/aromatic N) is 2.